The highest BCUT2D eigenvalue weighted by molar-refractivity contribution is 7.29. The first kappa shape index (κ1) is 25.0. The number of hydrogen-bond donors (Lipinski definition) is 0. The van der Waals surface area contributed by atoms with Crippen LogP contribution in [0.2, 0.25) is 0 Å². The molecule has 0 aliphatic carbocycles. The van der Waals surface area contributed by atoms with Crippen LogP contribution in [-0.2, 0) is 0 Å². The smallest absolute Gasteiger partial charge is 0.238 e. The van der Waals surface area contributed by atoms with Crippen molar-refractivity contribution in [3.63, 3.8) is 0 Å². The Hall–Kier alpha value is -5.43. The molecule has 0 aliphatic heterocycles. The zero-order chi connectivity index (χ0) is 29.5. The molecule has 0 atom stereocenters. The fraction of sp³-hybridized carbons (Fsp3) is 0. The third-order valence-electron chi connectivity index (χ3n) is 8.66. The number of fused-ring (bicyclic) bond motifs is 10. The van der Waals surface area contributed by atoms with E-state index in [4.69, 9.17) is 15.0 Å². The largest absolute Gasteiger partial charge is 0.278 e. The monoisotopic (exact) mass is 610 g/mol. The average Bonchev–Trinajstić information content (AvgIpc) is 3.77. The molecule has 0 saturated carbocycles. The summed E-state index contributed by atoms with van der Waals surface area (Å²) in [6.45, 7) is 0. The van der Waals surface area contributed by atoms with Crippen molar-refractivity contribution in [3.05, 3.63) is 133 Å². The topological polar surface area (TPSA) is 43.6 Å². The third-order valence-corrected chi connectivity index (χ3v) is 11.0. The van der Waals surface area contributed by atoms with E-state index in [1.54, 1.807) is 0 Å². The van der Waals surface area contributed by atoms with Gasteiger partial charge >= 0.3 is 0 Å². The van der Waals surface area contributed by atoms with E-state index in [0.717, 1.165) is 22.2 Å². The molecule has 0 spiro atoms. The lowest BCUT2D eigenvalue weighted by Gasteiger charge is -2.11. The Morgan fingerprint density at radius 1 is 0.422 bits per heavy atom. The summed E-state index contributed by atoms with van der Waals surface area (Å²) in [6.07, 6.45) is 0. The SMILES string of the molecule is c1ccc(-c2nc(-c3ccccc3)nc(-n3c4ccccc4c4cc5sc6ccc7c8ccccc8sc7c6c5cc43)n2)cc1. The van der Waals surface area contributed by atoms with Crippen LogP contribution >= 0.6 is 22.7 Å². The van der Waals surface area contributed by atoms with Crippen molar-refractivity contribution in [3.8, 4) is 28.7 Å². The van der Waals surface area contributed by atoms with Crippen LogP contribution in [-0.4, -0.2) is 19.5 Å². The Morgan fingerprint density at radius 3 is 1.84 bits per heavy atom. The molecule has 0 fully saturated rings. The second-order valence-corrected chi connectivity index (χ2v) is 13.4. The molecule has 6 aromatic carbocycles. The van der Waals surface area contributed by atoms with E-state index in [0.29, 0.717) is 17.6 Å². The van der Waals surface area contributed by atoms with Crippen molar-refractivity contribution in [2.45, 2.75) is 0 Å². The molecule has 0 amide bonds. The van der Waals surface area contributed by atoms with Gasteiger partial charge in [-0.1, -0.05) is 103 Å². The maximum Gasteiger partial charge on any atom is 0.238 e. The fourth-order valence-electron chi connectivity index (χ4n) is 6.62. The molecule has 10 rings (SSSR count). The second-order valence-electron chi connectivity index (χ2n) is 11.2. The van der Waals surface area contributed by atoms with Crippen molar-refractivity contribution in [1.29, 1.82) is 0 Å². The number of nitrogens with zero attached hydrogens (tertiary/aromatic N) is 4. The molecule has 0 bridgehead atoms. The zero-order valence-electron chi connectivity index (χ0n) is 23.8. The first-order valence-electron chi connectivity index (χ1n) is 14.9. The Labute approximate surface area is 265 Å². The Morgan fingerprint density at radius 2 is 1.09 bits per heavy atom. The molecule has 0 aliphatic rings. The fourth-order valence-corrected chi connectivity index (χ4v) is 9.08. The van der Waals surface area contributed by atoms with E-state index in [2.05, 4.69) is 102 Å². The van der Waals surface area contributed by atoms with Crippen LogP contribution in [0.1, 0.15) is 0 Å². The zero-order valence-corrected chi connectivity index (χ0v) is 25.4. The molecular formula is C39H22N4S2. The lowest BCUT2D eigenvalue weighted by Crippen LogP contribution is -2.06. The summed E-state index contributed by atoms with van der Waals surface area (Å²) in [5.74, 6) is 1.92. The van der Waals surface area contributed by atoms with Crippen LogP contribution in [0.15, 0.2) is 133 Å². The van der Waals surface area contributed by atoms with Crippen molar-refractivity contribution >= 4 is 84.8 Å². The summed E-state index contributed by atoms with van der Waals surface area (Å²) >= 11 is 3.76. The molecule has 6 heteroatoms. The lowest BCUT2D eigenvalue weighted by molar-refractivity contribution is 0.954. The Kier molecular flexibility index (Phi) is 5.29. The molecule has 0 N–H and O–H groups in total. The second kappa shape index (κ2) is 9.53. The highest BCUT2D eigenvalue weighted by Crippen LogP contribution is 2.46. The van der Waals surface area contributed by atoms with Gasteiger partial charge in [0, 0.05) is 62.2 Å². The van der Waals surface area contributed by atoms with Crippen molar-refractivity contribution in [2.75, 3.05) is 0 Å². The minimum Gasteiger partial charge on any atom is -0.278 e. The molecule has 210 valence electrons. The van der Waals surface area contributed by atoms with E-state index in [9.17, 15) is 0 Å². The van der Waals surface area contributed by atoms with Crippen LogP contribution in [0.4, 0.5) is 0 Å². The normalized spacial score (nSPS) is 12.0. The van der Waals surface area contributed by atoms with E-state index >= 15 is 0 Å². The minimum atomic E-state index is 0.611. The first-order chi connectivity index (χ1) is 22.3. The predicted molar refractivity (Wildman–Crippen MR) is 191 cm³/mol. The predicted octanol–water partition coefficient (Wildman–Crippen LogP) is 11.0. The van der Waals surface area contributed by atoms with Gasteiger partial charge in [-0.15, -0.1) is 22.7 Å². The number of para-hydroxylation sites is 1. The Bertz CT molecular complexity index is 2700. The van der Waals surface area contributed by atoms with E-state index in [1.165, 1.54) is 51.1 Å². The molecule has 0 saturated heterocycles. The van der Waals surface area contributed by atoms with Gasteiger partial charge in [0.2, 0.25) is 5.95 Å². The molecule has 45 heavy (non-hydrogen) atoms. The molecule has 4 aromatic heterocycles. The third kappa shape index (κ3) is 3.73. The quantitative estimate of drug-likeness (QED) is 0.200. The number of aromatic nitrogens is 4. The van der Waals surface area contributed by atoms with E-state index < -0.39 is 0 Å². The van der Waals surface area contributed by atoms with Crippen LogP contribution in [0, 0.1) is 0 Å². The Balaban J connectivity index is 1.32. The molecule has 0 unspecified atom stereocenters. The lowest BCUT2D eigenvalue weighted by atomic mass is 10.1. The summed E-state index contributed by atoms with van der Waals surface area (Å²) in [4.78, 5) is 15.2. The highest BCUT2D eigenvalue weighted by Gasteiger charge is 2.20. The van der Waals surface area contributed by atoms with Gasteiger partial charge in [0.15, 0.2) is 11.6 Å². The van der Waals surface area contributed by atoms with Gasteiger partial charge in [0.25, 0.3) is 0 Å². The van der Waals surface area contributed by atoms with Gasteiger partial charge < -0.3 is 0 Å². The number of thiophene rings is 2. The van der Waals surface area contributed by atoms with Crippen molar-refractivity contribution < 1.29 is 0 Å². The number of rotatable bonds is 3. The highest BCUT2D eigenvalue weighted by atomic mass is 32.1. The molecule has 0 radical (unpaired) electrons. The summed E-state index contributed by atoms with van der Waals surface area (Å²) in [7, 11) is 0. The van der Waals surface area contributed by atoms with Gasteiger partial charge in [0.05, 0.1) is 11.0 Å². The standard InChI is InChI=1S/C39H22N4S2/c1-3-11-23(12-4-1)37-40-38(24-13-5-2-6-14-24)42-39(41-37)43-30-17-9-7-15-25(30)28-22-34-29(21-31(28)43)35-33(44-34)20-19-27-26-16-8-10-18-32(26)45-36(27)35/h1-22H. The maximum atomic E-state index is 5.13. The summed E-state index contributed by atoms with van der Waals surface area (Å²) in [6, 6.07) is 46.9. The van der Waals surface area contributed by atoms with Gasteiger partial charge in [-0.05, 0) is 30.3 Å². The van der Waals surface area contributed by atoms with Crippen molar-refractivity contribution in [2.24, 2.45) is 0 Å². The van der Waals surface area contributed by atoms with Gasteiger partial charge in [-0.2, -0.15) is 9.97 Å². The minimum absolute atomic E-state index is 0.611. The summed E-state index contributed by atoms with van der Waals surface area (Å²) < 4.78 is 7.49. The van der Waals surface area contributed by atoms with Gasteiger partial charge in [-0.25, -0.2) is 4.98 Å². The van der Waals surface area contributed by atoms with Gasteiger partial charge in [-0.3, -0.25) is 4.57 Å². The molecule has 4 heterocycles. The number of hydrogen-bond acceptors (Lipinski definition) is 5. The molecular weight excluding hydrogens is 589 g/mol. The molecule has 10 aromatic rings. The van der Waals surface area contributed by atoms with Crippen LogP contribution in [0.5, 0.6) is 0 Å². The van der Waals surface area contributed by atoms with Gasteiger partial charge in [0.1, 0.15) is 0 Å². The van der Waals surface area contributed by atoms with Crippen LogP contribution in [0.25, 0.3) is 90.9 Å². The molecule has 4 nitrogen and oxygen atoms in total. The van der Waals surface area contributed by atoms with Crippen molar-refractivity contribution in [1.82, 2.24) is 19.5 Å². The number of benzene rings is 6. The summed E-state index contributed by atoms with van der Waals surface area (Å²) in [5, 5.41) is 7.62. The van der Waals surface area contributed by atoms with E-state index in [-0.39, 0.29) is 0 Å². The first-order valence-corrected chi connectivity index (χ1v) is 16.5. The average molecular weight is 611 g/mol. The maximum absolute atomic E-state index is 5.13. The summed E-state index contributed by atoms with van der Waals surface area (Å²) in [5.41, 5.74) is 4.08. The van der Waals surface area contributed by atoms with Crippen LogP contribution < -0.4 is 0 Å². The van der Waals surface area contributed by atoms with Crippen LogP contribution in [0.3, 0.4) is 0 Å². The van der Waals surface area contributed by atoms with E-state index in [1.807, 2.05) is 59.1 Å².